The summed E-state index contributed by atoms with van der Waals surface area (Å²) in [6, 6.07) is 11.1. The molecule has 6 nitrogen and oxygen atoms in total. The number of rotatable bonds is 6. The highest BCUT2D eigenvalue weighted by Gasteiger charge is 2.14. The second kappa shape index (κ2) is 7.94. The monoisotopic (exact) mass is 356 g/mol. The number of nitrogens with one attached hydrogen (secondary N) is 2. The zero-order valence-electron chi connectivity index (χ0n) is 14.0. The summed E-state index contributed by atoms with van der Waals surface area (Å²) in [6.45, 7) is 3.28. The Labute approximate surface area is 149 Å². The minimum absolute atomic E-state index is 0.158. The lowest BCUT2D eigenvalue weighted by Gasteiger charge is -2.20. The van der Waals surface area contributed by atoms with Gasteiger partial charge in [0.2, 0.25) is 0 Å². The molecule has 3 rings (SSSR count). The van der Waals surface area contributed by atoms with Crippen molar-refractivity contribution in [1.29, 1.82) is 0 Å². The average molecular weight is 356 g/mol. The molecule has 7 heteroatoms. The Kier molecular flexibility index (Phi) is 5.45. The van der Waals surface area contributed by atoms with Gasteiger partial charge in [-0.25, -0.2) is 9.78 Å². The van der Waals surface area contributed by atoms with Gasteiger partial charge in [-0.1, -0.05) is 18.2 Å². The second-order valence-electron chi connectivity index (χ2n) is 5.61. The van der Waals surface area contributed by atoms with Crippen molar-refractivity contribution in [2.24, 2.45) is 0 Å². The summed E-state index contributed by atoms with van der Waals surface area (Å²) in [4.78, 5) is 34.6. The fourth-order valence-electron chi connectivity index (χ4n) is 2.58. The third-order valence-corrected chi connectivity index (χ3v) is 4.84. The second-order valence-corrected chi connectivity index (χ2v) is 6.64. The van der Waals surface area contributed by atoms with Crippen molar-refractivity contribution in [2.75, 3.05) is 13.1 Å². The SMILES string of the molecule is CCN(Cc1nc2ccccc2c(=O)[nH]1)C(=O)NCCc1cccs1. The van der Waals surface area contributed by atoms with Crippen LogP contribution in [0.3, 0.4) is 0 Å². The lowest BCUT2D eigenvalue weighted by atomic mass is 10.2. The fraction of sp³-hybridized carbons (Fsp3) is 0.278. The van der Waals surface area contributed by atoms with E-state index in [4.69, 9.17) is 0 Å². The van der Waals surface area contributed by atoms with Crippen molar-refractivity contribution < 1.29 is 4.79 Å². The van der Waals surface area contributed by atoms with Crippen LogP contribution in [0.5, 0.6) is 0 Å². The number of hydrogen-bond acceptors (Lipinski definition) is 4. The zero-order chi connectivity index (χ0) is 17.6. The first kappa shape index (κ1) is 17.2. The molecule has 2 amide bonds. The van der Waals surface area contributed by atoms with E-state index in [2.05, 4.69) is 21.4 Å². The third kappa shape index (κ3) is 4.24. The number of H-pyrrole nitrogens is 1. The van der Waals surface area contributed by atoms with Crippen LogP contribution in [-0.2, 0) is 13.0 Å². The lowest BCUT2D eigenvalue weighted by molar-refractivity contribution is 0.197. The third-order valence-electron chi connectivity index (χ3n) is 3.90. The van der Waals surface area contributed by atoms with Gasteiger partial charge in [-0.3, -0.25) is 4.79 Å². The maximum atomic E-state index is 12.4. The summed E-state index contributed by atoms with van der Waals surface area (Å²) < 4.78 is 0. The minimum atomic E-state index is -0.185. The number of aromatic nitrogens is 2. The Bertz CT molecular complexity index is 905. The molecule has 0 saturated heterocycles. The molecule has 0 spiro atoms. The van der Waals surface area contributed by atoms with E-state index in [9.17, 15) is 9.59 Å². The topological polar surface area (TPSA) is 78.1 Å². The number of fused-ring (bicyclic) bond motifs is 1. The standard InChI is InChI=1S/C18H20N4O2S/c1-2-22(18(24)19-10-9-13-6-5-11-25-13)12-16-20-15-8-4-3-7-14(15)17(23)21-16/h3-8,11H,2,9-10,12H2,1H3,(H,19,24)(H,20,21,23). The summed E-state index contributed by atoms with van der Waals surface area (Å²) in [7, 11) is 0. The minimum Gasteiger partial charge on any atom is -0.338 e. The van der Waals surface area contributed by atoms with Crippen LogP contribution < -0.4 is 10.9 Å². The molecule has 0 radical (unpaired) electrons. The molecule has 3 aromatic rings. The average Bonchev–Trinajstić information content (AvgIpc) is 3.13. The van der Waals surface area contributed by atoms with Gasteiger partial charge < -0.3 is 15.2 Å². The van der Waals surface area contributed by atoms with Crippen molar-refractivity contribution in [3.8, 4) is 0 Å². The zero-order valence-corrected chi connectivity index (χ0v) is 14.8. The van der Waals surface area contributed by atoms with E-state index in [-0.39, 0.29) is 18.1 Å². The number of amides is 2. The molecule has 0 saturated carbocycles. The number of carbonyl (C=O) groups excluding carboxylic acids is 1. The summed E-state index contributed by atoms with van der Waals surface area (Å²) in [5.41, 5.74) is 0.449. The molecular formula is C18H20N4O2S. The maximum Gasteiger partial charge on any atom is 0.317 e. The first-order valence-corrected chi connectivity index (χ1v) is 9.08. The smallest absolute Gasteiger partial charge is 0.317 e. The maximum absolute atomic E-state index is 12.4. The van der Waals surface area contributed by atoms with Gasteiger partial charge in [-0.2, -0.15) is 0 Å². The Morgan fingerprint density at radius 3 is 2.88 bits per heavy atom. The molecule has 0 aliphatic carbocycles. The number of thiophene rings is 1. The number of urea groups is 1. The Hall–Kier alpha value is -2.67. The van der Waals surface area contributed by atoms with Gasteiger partial charge in [0.1, 0.15) is 5.82 Å². The van der Waals surface area contributed by atoms with Gasteiger partial charge in [0.05, 0.1) is 17.4 Å². The molecule has 130 valence electrons. The molecule has 0 bridgehead atoms. The molecule has 0 aliphatic rings. The lowest BCUT2D eigenvalue weighted by Crippen LogP contribution is -2.40. The molecular weight excluding hydrogens is 336 g/mol. The molecule has 25 heavy (non-hydrogen) atoms. The Morgan fingerprint density at radius 2 is 2.12 bits per heavy atom. The van der Waals surface area contributed by atoms with Crippen LogP contribution in [0.15, 0.2) is 46.6 Å². The molecule has 2 heterocycles. The van der Waals surface area contributed by atoms with Crippen molar-refractivity contribution >= 4 is 28.3 Å². The van der Waals surface area contributed by atoms with E-state index in [1.807, 2.05) is 24.4 Å². The molecule has 2 aromatic heterocycles. The molecule has 2 N–H and O–H groups in total. The van der Waals surface area contributed by atoms with E-state index in [0.717, 1.165) is 6.42 Å². The van der Waals surface area contributed by atoms with Crippen molar-refractivity contribution in [2.45, 2.75) is 19.9 Å². The number of aromatic amines is 1. The van der Waals surface area contributed by atoms with Crippen LogP contribution in [0.2, 0.25) is 0 Å². The predicted octanol–water partition coefficient (Wildman–Crippen LogP) is 2.76. The molecule has 0 aliphatic heterocycles. The molecule has 0 fully saturated rings. The van der Waals surface area contributed by atoms with Crippen LogP contribution in [0, 0.1) is 0 Å². The first-order valence-electron chi connectivity index (χ1n) is 8.20. The van der Waals surface area contributed by atoms with E-state index in [0.29, 0.717) is 29.8 Å². The van der Waals surface area contributed by atoms with Crippen LogP contribution in [0.25, 0.3) is 10.9 Å². The quantitative estimate of drug-likeness (QED) is 0.713. The van der Waals surface area contributed by atoms with Gasteiger partial charge in [-0.15, -0.1) is 11.3 Å². The van der Waals surface area contributed by atoms with Crippen LogP contribution in [0.1, 0.15) is 17.6 Å². The Balaban J connectivity index is 1.65. The number of para-hydroxylation sites is 1. The molecule has 1 aromatic carbocycles. The normalized spacial score (nSPS) is 10.8. The summed E-state index contributed by atoms with van der Waals surface area (Å²) in [5, 5.41) is 5.49. The van der Waals surface area contributed by atoms with Crippen molar-refractivity contribution in [1.82, 2.24) is 20.2 Å². The highest BCUT2D eigenvalue weighted by atomic mass is 32.1. The highest BCUT2D eigenvalue weighted by Crippen LogP contribution is 2.09. The van der Waals surface area contributed by atoms with Crippen LogP contribution in [0.4, 0.5) is 4.79 Å². The van der Waals surface area contributed by atoms with Gasteiger partial charge in [0.15, 0.2) is 0 Å². The number of nitrogens with zero attached hydrogens (tertiary/aromatic N) is 2. The van der Waals surface area contributed by atoms with Crippen molar-refractivity contribution in [3.05, 3.63) is 62.8 Å². The van der Waals surface area contributed by atoms with Gasteiger partial charge in [0, 0.05) is 18.0 Å². The van der Waals surface area contributed by atoms with Crippen LogP contribution >= 0.6 is 11.3 Å². The predicted molar refractivity (Wildman–Crippen MR) is 99.9 cm³/mol. The Morgan fingerprint density at radius 1 is 1.28 bits per heavy atom. The van der Waals surface area contributed by atoms with E-state index in [1.165, 1.54) is 4.88 Å². The van der Waals surface area contributed by atoms with Gasteiger partial charge in [0.25, 0.3) is 5.56 Å². The summed E-state index contributed by atoms with van der Waals surface area (Å²) in [5.74, 6) is 0.485. The fourth-order valence-corrected chi connectivity index (χ4v) is 3.29. The number of hydrogen-bond donors (Lipinski definition) is 2. The first-order chi connectivity index (χ1) is 12.2. The molecule has 0 unspecified atom stereocenters. The van der Waals surface area contributed by atoms with Gasteiger partial charge in [-0.05, 0) is 36.9 Å². The summed E-state index contributed by atoms with van der Waals surface area (Å²) in [6.07, 6.45) is 0.812. The van der Waals surface area contributed by atoms with E-state index < -0.39 is 0 Å². The van der Waals surface area contributed by atoms with Crippen molar-refractivity contribution in [3.63, 3.8) is 0 Å². The van der Waals surface area contributed by atoms with E-state index in [1.54, 1.807) is 34.4 Å². The number of benzene rings is 1. The largest absolute Gasteiger partial charge is 0.338 e. The molecule has 0 atom stereocenters. The number of carbonyl (C=O) groups is 1. The van der Waals surface area contributed by atoms with Crippen LogP contribution in [-0.4, -0.2) is 34.0 Å². The highest BCUT2D eigenvalue weighted by molar-refractivity contribution is 7.09. The summed E-state index contributed by atoms with van der Waals surface area (Å²) >= 11 is 1.68. The van der Waals surface area contributed by atoms with E-state index >= 15 is 0 Å². The van der Waals surface area contributed by atoms with Gasteiger partial charge >= 0.3 is 6.03 Å².